The molecule has 0 spiro atoms. The minimum absolute atomic E-state index is 0.0969. The maximum absolute atomic E-state index is 12.5. The summed E-state index contributed by atoms with van der Waals surface area (Å²) in [4.78, 5) is 22.9. The number of carbonyl (C=O) groups excluding carboxylic acids is 1. The van der Waals surface area contributed by atoms with E-state index in [1.54, 1.807) is 17.5 Å². The Kier molecular flexibility index (Phi) is 5.53. The number of hydrogen-bond acceptors (Lipinski definition) is 4. The average molecular weight is 392 g/mol. The number of nitrogens with one attached hydrogen (secondary N) is 1. The minimum atomic E-state index is 0.0969. The highest BCUT2D eigenvalue weighted by atomic mass is 32.1. The Balaban J connectivity index is 1.67. The standard InChI is InChI=1S/C23H25N3OS/c1-3-20-26-21(17-10-6-7-15(2)13-17)22(28-20)18-11-12-24-19(14-18)25-23(27)16-8-4-5-9-16/h6-7,10-14,16H,3-5,8-9H2,1-2H3,(H,24,25,27). The molecule has 0 radical (unpaired) electrons. The Labute approximate surface area is 170 Å². The zero-order chi connectivity index (χ0) is 19.5. The second-order valence-electron chi connectivity index (χ2n) is 7.41. The molecule has 2 heterocycles. The molecule has 2 aromatic heterocycles. The molecule has 5 heteroatoms. The maximum Gasteiger partial charge on any atom is 0.228 e. The third kappa shape index (κ3) is 3.99. The first-order valence-electron chi connectivity index (χ1n) is 9.98. The summed E-state index contributed by atoms with van der Waals surface area (Å²) >= 11 is 1.71. The molecule has 3 aromatic rings. The van der Waals surface area contributed by atoms with Gasteiger partial charge in [-0.1, -0.05) is 43.5 Å². The second kappa shape index (κ2) is 8.23. The Morgan fingerprint density at radius 3 is 2.75 bits per heavy atom. The smallest absolute Gasteiger partial charge is 0.228 e. The van der Waals surface area contributed by atoms with Gasteiger partial charge in [0.05, 0.1) is 15.6 Å². The van der Waals surface area contributed by atoms with Crippen LogP contribution in [0.5, 0.6) is 0 Å². The number of benzene rings is 1. The summed E-state index contributed by atoms with van der Waals surface area (Å²) in [6.45, 7) is 4.22. The van der Waals surface area contributed by atoms with E-state index >= 15 is 0 Å². The molecule has 1 saturated carbocycles. The number of hydrogen-bond donors (Lipinski definition) is 1. The molecule has 0 atom stereocenters. The van der Waals surface area contributed by atoms with Gasteiger partial charge in [-0.3, -0.25) is 4.79 Å². The highest BCUT2D eigenvalue weighted by Crippen LogP contribution is 2.38. The number of rotatable bonds is 5. The molecule has 1 aromatic carbocycles. The van der Waals surface area contributed by atoms with Crippen LogP contribution in [0.4, 0.5) is 5.82 Å². The monoisotopic (exact) mass is 391 g/mol. The predicted octanol–water partition coefficient (Wildman–Crippen LogP) is 5.87. The van der Waals surface area contributed by atoms with Crippen LogP contribution in [0.15, 0.2) is 42.6 Å². The van der Waals surface area contributed by atoms with Gasteiger partial charge in [0.1, 0.15) is 5.82 Å². The van der Waals surface area contributed by atoms with E-state index in [0.717, 1.165) is 58.8 Å². The molecule has 1 amide bonds. The van der Waals surface area contributed by atoms with Crippen molar-refractivity contribution in [3.8, 4) is 21.7 Å². The Bertz CT molecular complexity index is 989. The normalized spacial score (nSPS) is 14.4. The van der Waals surface area contributed by atoms with Crippen molar-refractivity contribution in [2.75, 3.05) is 5.32 Å². The molecule has 1 fully saturated rings. The number of thiazole rings is 1. The molecule has 0 unspecified atom stereocenters. The van der Waals surface area contributed by atoms with Gasteiger partial charge in [0.2, 0.25) is 5.91 Å². The lowest BCUT2D eigenvalue weighted by molar-refractivity contribution is -0.119. The average Bonchev–Trinajstić information content (AvgIpc) is 3.38. The summed E-state index contributed by atoms with van der Waals surface area (Å²) in [7, 11) is 0. The van der Waals surface area contributed by atoms with Crippen molar-refractivity contribution in [1.29, 1.82) is 0 Å². The number of aryl methyl sites for hydroxylation is 2. The fourth-order valence-corrected chi connectivity index (χ4v) is 4.78. The van der Waals surface area contributed by atoms with Crippen LogP contribution in [-0.4, -0.2) is 15.9 Å². The SMILES string of the molecule is CCc1nc(-c2cccc(C)c2)c(-c2ccnc(NC(=O)C3CCCC3)c2)s1. The molecular formula is C23H25N3OS. The molecule has 28 heavy (non-hydrogen) atoms. The molecule has 4 nitrogen and oxygen atoms in total. The molecule has 0 saturated heterocycles. The number of anilines is 1. The highest BCUT2D eigenvalue weighted by molar-refractivity contribution is 7.15. The van der Waals surface area contributed by atoms with Crippen molar-refractivity contribution in [2.24, 2.45) is 5.92 Å². The van der Waals surface area contributed by atoms with Crippen molar-refractivity contribution in [3.63, 3.8) is 0 Å². The van der Waals surface area contributed by atoms with Gasteiger partial charge in [-0.05, 0) is 49.9 Å². The summed E-state index contributed by atoms with van der Waals surface area (Å²) < 4.78 is 0. The summed E-state index contributed by atoms with van der Waals surface area (Å²) in [6.07, 6.45) is 6.93. The fraction of sp³-hybridized carbons (Fsp3) is 0.348. The van der Waals surface area contributed by atoms with Crippen LogP contribution in [0.25, 0.3) is 21.7 Å². The summed E-state index contributed by atoms with van der Waals surface area (Å²) in [5.74, 6) is 0.846. The lowest BCUT2D eigenvalue weighted by Crippen LogP contribution is -2.20. The second-order valence-corrected chi connectivity index (χ2v) is 8.49. The van der Waals surface area contributed by atoms with Gasteiger partial charge in [0, 0.05) is 17.7 Å². The first-order valence-corrected chi connectivity index (χ1v) is 10.8. The van der Waals surface area contributed by atoms with E-state index in [1.165, 1.54) is 5.56 Å². The van der Waals surface area contributed by atoms with Gasteiger partial charge in [-0.25, -0.2) is 9.97 Å². The molecule has 0 bridgehead atoms. The van der Waals surface area contributed by atoms with E-state index in [2.05, 4.69) is 48.4 Å². The molecule has 1 N–H and O–H groups in total. The van der Waals surface area contributed by atoms with Crippen molar-refractivity contribution < 1.29 is 4.79 Å². The zero-order valence-electron chi connectivity index (χ0n) is 16.4. The number of amides is 1. The summed E-state index contributed by atoms with van der Waals surface area (Å²) in [5.41, 5.74) is 4.39. The Morgan fingerprint density at radius 2 is 2.00 bits per heavy atom. The number of carbonyl (C=O) groups is 1. The van der Waals surface area contributed by atoms with E-state index in [0.29, 0.717) is 5.82 Å². The molecule has 144 valence electrons. The van der Waals surface area contributed by atoms with E-state index in [-0.39, 0.29) is 11.8 Å². The fourth-order valence-electron chi connectivity index (χ4n) is 3.76. The van der Waals surface area contributed by atoms with Crippen LogP contribution in [0.1, 0.15) is 43.2 Å². The predicted molar refractivity (Wildman–Crippen MR) is 115 cm³/mol. The van der Waals surface area contributed by atoms with Crippen LogP contribution >= 0.6 is 11.3 Å². The molecule has 4 rings (SSSR count). The van der Waals surface area contributed by atoms with Crippen molar-refractivity contribution in [2.45, 2.75) is 46.0 Å². The lowest BCUT2D eigenvalue weighted by atomic mass is 10.1. The zero-order valence-corrected chi connectivity index (χ0v) is 17.2. The third-order valence-electron chi connectivity index (χ3n) is 5.26. The summed E-state index contributed by atoms with van der Waals surface area (Å²) in [6, 6.07) is 12.4. The van der Waals surface area contributed by atoms with Crippen molar-refractivity contribution in [1.82, 2.24) is 9.97 Å². The molecular weight excluding hydrogens is 366 g/mol. The van der Waals surface area contributed by atoms with Crippen LogP contribution in [0.2, 0.25) is 0 Å². The lowest BCUT2D eigenvalue weighted by Gasteiger charge is -2.10. The largest absolute Gasteiger partial charge is 0.310 e. The first kappa shape index (κ1) is 18.8. The van der Waals surface area contributed by atoms with Gasteiger partial charge in [-0.15, -0.1) is 11.3 Å². The van der Waals surface area contributed by atoms with Gasteiger partial charge in [-0.2, -0.15) is 0 Å². The summed E-state index contributed by atoms with van der Waals surface area (Å²) in [5, 5.41) is 4.13. The third-order valence-corrected chi connectivity index (χ3v) is 6.51. The van der Waals surface area contributed by atoms with Crippen LogP contribution < -0.4 is 5.32 Å². The van der Waals surface area contributed by atoms with Gasteiger partial charge in [0.25, 0.3) is 0 Å². The number of aromatic nitrogens is 2. The number of nitrogens with zero attached hydrogens (tertiary/aromatic N) is 2. The molecule has 1 aliphatic rings. The van der Waals surface area contributed by atoms with Gasteiger partial charge in [0.15, 0.2) is 0 Å². The Morgan fingerprint density at radius 1 is 1.18 bits per heavy atom. The topological polar surface area (TPSA) is 54.9 Å². The van der Waals surface area contributed by atoms with Crippen molar-refractivity contribution in [3.05, 3.63) is 53.2 Å². The maximum atomic E-state index is 12.5. The quantitative estimate of drug-likeness (QED) is 0.591. The van der Waals surface area contributed by atoms with Gasteiger partial charge < -0.3 is 5.32 Å². The molecule has 0 aliphatic heterocycles. The van der Waals surface area contributed by atoms with Crippen molar-refractivity contribution >= 4 is 23.1 Å². The Hall–Kier alpha value is -2.53. The van der Waals surface area contributed by atoms with Crippen LogP contribution in [-0.2, 0) is 11.2 Å². The first-order chi connectivity index (χ1) is 13.6. The van der Waals surface area contributed by atoms with E-state index in [9.17, 15) is 4.79 Å². The van der Waals surface area contributed by atoms with E-state index < -0.39 is 0 Å². The minimum Gasteiger partial charge on any atom is -0.310 e. The van der Waals surface area contributed by atoms with Crippen LogP contribution in [0, 0.1) is 12.8 Å². The van der Waals surface area contributed by atoms with Gasteiger partial charge >= 0.3 is 0 Å². The molecule has 1 aliphatic carbocycles. The van der Waals surface area contributed by atoms with Crippen LogP contribution in [0.3, 0.4) is 0 Å². The van der Waals surface area contributed by atoms with E-state index in [4.69, 9.17) is 4.98 Å². The number of pyridine rings is 1. The van der Waals surface area contributed by atoms with E-state index in [1.807, 2.05) is 12.1 Å². The highest BCUT2D eigenvalue weighted by Gasteiger charge is 2.23.